The first-order valence-electron chi connectivity index (χ1n) is 8.09. The molecule has 24 heavy (non-hydrogen) atoms. The molecule has 0 aliphatic heterocycles. The van der Waals surface area contributed by atoms with Gasteiger partial charge in [0.25, 0.3) is 0 Å². The van der Waals surface area contributed by atoms with Crippen LogP contribution in [0.2, 0.25) is 0 Å². The molecule has 0 fully saturated rings. The van der Waals surface area contributed by atoms with E-state index in [4.69, 9.17) is 0 Å². The highest BCUT2D eigenvalue weighted by Gasteiger charge is 2.22. The normalized spacial score (nSPS) is 16.7. The monoisotopic (exact) mass is 343 g/mol. The van der Waals surface area contributed by atoms with Crippen molar-refractivity contribution in [2.75, 3.05) is 7.05 Å². The fourth-order valence-electron chi connectivity index (χ4n) is 2.62. The van der Waals surface area contributed by atoms with Gasteiger partial charge in [-0.3, -0.25) is 0 Å². The Labute approximate surface area is 145 Å². The molecule has 2 aromatic rings. The van der Waals surface area contributed by atoms with Gasteiger partial charge in [-0.05, 0) is 23.6 Å². The standard InChI is InChI=1S/C20H25NO2S/c1-16(2)19(20(22)17-10-6-4-7-11-17)14-15-24(23,21-3)18-12-8-5-9-13-18/h4-16,19-20,22H,1-3H3/b15-14-/t19-,20-,24+/m0/s1. The Morgan fingerprint density at radius 1 is 1.00 bits per heavy atom. The Morgan fingerprint density at radius 3 is 2.04 bits per heavy atom. The molecular weight excluding hydrogens is 318 g/mol. The first-order valence-corrected chi connectivity index (χ1v) is 9.67. The molecule has 0 bridgehead atoms. The van der Waals surface area contributed by atoms with E-state index in [0.717, 1.165) is 5.56 Å². The van der Waals surface area contributed by atoms with Crippen LogP contribution < -0.4 is 0 Å². The van der Waals surface area contributed by atoms with Gasteiger partial charge in [0.1, 0.15) is 0 Å². The molecule has 0 saturated carbocycles. The second-order valence-electron chi connectivity index (χ2n) is 6.07. The van der Waals surface area contributed by atoms with Crippen LogP contribution in [0, 0.1) is 11.8 Å². The quantitative estimate of drug-likeness (QED) is 0.829. The van der Waals surface area contributed by atoms with Gasteiger partial charge in [-0.1, -0.05) is 68.5 Å². The van der Waals surface area contributed by atoms with Crippen LogP contribution in [0.15, 0.2) is 81.4 Å². The minimum Gasteiger partial charge on any atom is -0.388 e. The van der Waals surface area contributed by atoms with Gasteiger partial charge in [0.05, 0.1) is 20.7 Å². The molecule has 2 rings (SSSR count). The lowest BCUT2D eigenvalue weighted by Gasteiger charge is -2.24. The van der Waals surface area contributed by atoms with Crippen LogP contribution in [0.5, 0.6) is 0 Å². The second kappa shape index (κ2) is 8.27. The minimum absolute atomic E-state index is 0.140. The molecule has 0 amide bonds. The van der Waals surface area contributed by atoms with Crippen molar-refractivity contribution in [2.24, 2.45) is 16.2 Å². The van der Waals surface area contributed by atoms with Gasteiger partial charge in [-0.2, -0.15) is 0 Å². The Hall–Kier alpha value is -1.91. The second-order valence-corrected chi connectivity index (χ2v) is 8.32. The third-order valence-corrected chi connectivity index (χ3v) is 6.13. The van der Waals surface area contributed by atoms with E-state index in [0.29, 0.717) is 4.90 Å². The zero-order valence-electron chi connectivity index (χ0n) is 14.4. The van der Waals surface area contributed by atoms with Gasteiger partial charge in [-0.25, -0.2) is 8.57 Å². The summed E-state index contributed by atoms with van der Waals surface area (Å²) >= 11 is 0. The summed E-state index contributed by atoms with van der Waals surface area (Å²) in [6.45, 7) is 4.10. The zero-order chi connectivity index (χ0) is 17.6. The highest BCUT2D eigenvalue weighted by molar-refractivity contribution is 7.96. The van der Waals surface area contributed by atoms with Crippen LogP contribution in [0.3, 0.4) is 0 Å². The maximum atomic E-state index is 13.1. The molecule has 2 aromatic carbocycles. The van der Waals surface area contributed by atoms with E-state index < -0.39 is 15.8 Å². The summed E-state index contributed by atoms with van der Waals surface area (Å²) in [7, 11) is -1.05. The molecule has 0 unspecified atom stereocenters. The minimum atomic E-state index is -2.62. The Kier molecular flexibility index (Phi) is 6.35. The molecule has 0 heterocycles. The van der Waals surface area contributed by atoms with Crippen LogP contribution in [-0.2, 0) is 9.73 Å². The molecule has 0 aliphatic carbocycles. The molecule has 3 nitrogen and oxygen atoms in total. The van der Waals surface area contributed by atoms with Crippen molar-refractivity contribution < 1.29 is 9.32 Å². The Morgan fingerprint density at radius 2 is 1.54 bits per heavy atom. The van der Waals surface area contributed by atoms with E-state index in [-0.39, 0.29) is 11.8 Å². The van der Waals surface area contributed by atoms with Crippen LogP contribution in [-0.4, -0.2) is 16.4 Å². The topological polar surface area (TPSA) is 49.7 Å². The molecule has 0 radical (unpaired) electrons. The zero-order valence-corrected chi connectivity index (χ0v) is 15.2. The fraction of sp³-hybridized carbons (Fsp3) is 0.300. The van der Waals surface area contributed by atoms with E-state index >= 15 is 0 Å². The Balaban J connectivity index is 2.33. The average molecular weight is 343 g/mol. The van der Waals surface area contributed by atoms with E-state index in [1.54, 1.807) is 12.5 Å². The fourth-order valence-corrected chi connectivity index (χ4v) is 4.05. The van der Waals surface area contributed by atoms with E-state index in [2.05, 4.69) is 18.2 Å². The smallest absolute Gasteiger partial charge is 0.0963 e. The SMILES string of the molecule is CN=[S@@](=O)(/C=C\[C@@H](C(C)C)[C@@H](O)c1ccccc1)c1ccccc1. The van der Waals surface area contributed by atoms with Crippen LogP contribution in [0.4, 0.5) is 0 Å². The molecule has 1 N–H and O–H groups in total. The number of hydrogen-bond donors (Lipinski definition) is 1. The maximum Gasteiger partial charge on any atom is 0.0963 e. The van der Waals surface area contributed by atoms with Gasteiger partial charge in [0.2, 0.25) is 0 Å². The van der Waals surface area contributed by atoms with Gasteiger partial charge >= 0.3 is 0 Å². The average Bonchev–Trinajstić information content (AvgIpc) is 2.62. The van der Waals surface area contributed by atoms with Gasteiger partial charge in [-0.15, -0.1) is 0 Å². The molecule has 0 aromatic heterocycles. The molecule has 0 aliphatic rings. The first-order chi connectivity index (χ1) is 11.5. The van der Waals surface area contributed by atoms with Crippen molar-refractivity contribution in [3.8, 4) is 0 Å². The van der Waals surface area contributed by atoms with Crippen molar-refractivity contribution >= 4 is 9.73 Å². The molecule has 128 valence electrons. The lowest BCUT2D eigenvalue weighted by atomic mass is 9.87. The van der Waals surface area contributed by atoms with Crippen molar-refractivity contribution in [1.82, 2.24) is 0 Å². The molecule has 3 atom stereocenters. The summed E-state index contributed by atoms with van der Waals surface area (Å²) in [5.74, 6) is 0.0615. The number of benzene rings is 2. The summed E-state index contributed by atoms with van der Waals surface area (Å²) in [5, 5.41) is 12.4. The lowest BCUT2D eigenvalue weighted by molar-refractivity contribution is 0.108. The van der Waals surface area contributed by atoms with Crippen molar-refractivity contribution in [2.45, 2.75) is 24.8 Å². The summed E-state index contributed by atoms with van der Waals surface area (Å²) in [4.78, 5) is 0.681. The predicted octanol–water partition coefficient (Wildman–Crippen LogP) is 4.66. The molecule has 0 saturated heterocycles. The van der Waals surface area contributed by atoms with Crippen molar-refractivity contribution in [1.29, 1.82) is 0 Å². The van der Waals surface area contributed by atoms with Gasteiger partial charge in [0.15, 0.2) is 0 Å². The molecule has 0 spiro atoms. The highest BCUT2D eigenvalue weighted by atomic mass is 32.2. The number of rotatable bonds is 6. The molecule has 4 heteroatoms. The number of aliphatic hydroxyl groups excluding tert-OH is 1. The Bertz CT molecular complexity index is 776. The lowest BCUT2D eigenvalue weighted by Crippen LogP contribution is -2.16. The summed E-state index contributed by atoms with van der Waals surface area (Å²) < 4.78 is 17.2. The van der Waals surface area contributed by atoms with Crippen LogP contribution in [0.25, 0.3) is 0 Å². The number of aliphatic hydroxyl groups is 1. The van der Waals surface area contributed by atoms with Crippen molar-refractivity contribution in [3.05, 3.63) is 77.7 Å². The van der Waals surface area contributed by atoms with E-state index in [1.165, 1.54) is 0 Å². The first kappa shape index (κ1) is 18.4. The summed E-state index contributed by atoms with van der Waals surface area (Å²) in [5.41, 5.74) is 0.862. The number of hydrogen-bond acceptors (Lipinski definition) is 3. The predicted molar refractivity (Wildman–Crippen MR) is 100 cm³/mol. The van der Waals surface area contributed by atoms with E-state index in [9.17, 15) is 9.32 Å². The summed E-state index contributed by atoms with van der Waals surface area (Å²) in [6, 6.07) is 18.8. The van der Waals surface area contributed by atoms with E-state index in [1.807, 2.05) is 66.7 Å². The third kappa shape index (κ3) is 4.34. The summed E-state index contributed by atoms with van der Waals surface area (Å²) in [6.07, 6.45) is 1.21. The third-order valence-electron chi connectivity index (χ3n) is 4.11. The largest absolute Gasteiger partial charge is 0.388 e. The van der Waals surface area contributed by atoms with Gasteiger partial charge < -0.3 is 5.11 Å². The van der Waals surface area contributed by atoms with Crippen LogP contribution >= 0.6 is 0 Å². The number of nitrogens with zero attached hydrogens (tertiary/aromatic N) is 1. The highest BCUT2D eigenvalue weighted by Crippen LogP contribution is 2.30. The van der Waals surface area contributed by atoms with Crippen LogP contribution in [0.1, 0.15) is 25.5 Å². The van der Waals surface area contributed by atoms with Gasteiger partial charge in [0, 0.05) is 18.4 Å². The molecular formula is C20H25NO2S. The maximum absolute atomic E-state index is 13.1. The van der Waals surface area contributed by atoms with Crippen molar-refractivity contribution in [3.63, 3.8) is 0 Å².